The molecule has 1 fully saturated rings. The van der Waals surface area contributed by atoms with Crippen molar-refractivity contribution in [2.24, 2.45) is 0 Å². The Bertz CT molecular complexity index is 439. The molecule has 0 N–H and O–H groups in total. The first-order valence-corrected chi connectivity index (χ1v) is 7.52. The summed E-state index contributed by atoms with van der Waals surface area (Å²) in [4.78, 5) is 2.38. The molecule has 1 aromatic rings. The van der Waals surface area contributed by atoms with Gasteiger partial charge in [0.05, 0.1) is 12.2 Å². The van der Waals surface area contributed by atoms with Crippen LogP contribution < -0.4 is 9.47 Å². The average Bonchev–Trinajstić information content (AvgIpc) is 2.45. The highest BCUT2D eigenvalue weighted by Gasteiger charge is 2.21. The van der Waals surface area contributed by atoms with Crippen LogP contribution in [0.25, 0.3) is 0 Å². The van der Waals surface area contributed by atoms with Crippen LogP contribution in [-0.4, -0.2) is 50.0 Å². The van der Waals surface area contributed by atoms with Crippen molar-refractivity contribution in [3.63, 3.8) is 0 Å². The maximum Gasteiger partial charge on any atom is 0.161 e. The van der Waals surface area contributed by atoms with Crippen molar-refractivity contribution in [2.75, 3.05) is 32.8 Å². The van der Waals surface area contributed by atoms with Crippen molar-refractivity contribution in [1.29, 1.82) is 0 Å². The van der Waals surface area contributed by atoms with E-state index in [9.17, 15) is 0 Å². The largest absolute Gasteiger partial charge is 0.488 e. The van der Waals surface area contributed by atoms with Crippen molar-refractivity contribution in [3.8, 4) is 11.5 Å². The standard InChI is InChI=1S/C17H25NO3/c1-4-10-19-16-7-5-6-8-17(16)20-11-9-18-12-14(2)21-15(3)13-18/h4-8,14-15H,1,9-13H2,2-3H3/t14-,15+. The molecular formula is C17H25NO3. The topological polar surface area (TPSA) is 30.9 Å². The van der Waals surface area contributed by atoms with E-state index >= 15 is 0 Å². The summed E-state index contributed by atoms with van der Waals surface area (Å²) in [5.74, 6) is 1.55. The van der Waals surface area contributed by atoms with Crippen molar-refractivity contribution in [3.05, 3.63) is 36.9 Å². The Balaban J connectivity index is 1.81. The van der Waals surface area contributed by atoms with E-state index in [1.165, 1.54) is 0 Å². The summed E-state index contributed by atoms with van der Waals surface area (Å²) >= 11 is 0. The second-order valence-corrected chi connectivity index (χ2v) is 5.41. The number of hydrogen-bond acceptors (Lipinski definition) is 4. The van der Waals surface area contributed by atoms with Gasteiger partial charge in [-0.05, 0) is 26.0 Å². The number of para-hydroxylation sites is 2. The third-order valence-corrected chi connectivity index (χ3v) is 3.37. The molecule has 1 saturated heterocycles. The van der Waals surface area contributed by atoms with Crippen LogP contribution in [0.1, 0.15) is 13.8 Å². The Hall–Kier alpha value is -1.52. The highest BCUT2D eigenvalue weighted by atomic mass is 16.5. The first-order chi connectivity index (χ1) is 10.2. The summed E-state index contributed by atoms with van der Waals surface area (Å²) in [7, 11) is 0. The molecule has 0 spiro atoms. The lowest BCUT2D eigenvalue weighted by molar-refractivity contribution is -0.0699. The van der Waals surface area contributed by atoms with Crippen LogP contribution in [0.3, 0.4) is 0 Å². The van der Waals surface area contributed by atoms with Gasteiger partial charge in [-0.15, -0.1) is 0 Å². The summed E-state index contributed by atoms with van der Waals surface area (Å²) in [6.45, 7) is 11.8. The van der Waals surface area contributed by atoms with E-state index in [1.807, 2.05) is 24.3 Å². The number of benzene rings is 1. The van der Waals surface area contributed by atoms with Gasteiger partial charge in [0.15, 0.2) is 11.5 Å². The van der Waals surface area contributed by atoms with Crippen molar-refractivity contribution in [1.82, 2.24) is 4.90 Å². The fraction of sp³-hybridized carbons (Fsp3) is 0.529. The minimum absolute atomic E-state index is 0.289. The number of hydrogen-bond donors (Lipinski definition) is 0. The van der Waals surface area contributed by atoms with Gasteiger partial charge in [0.1, 0.15) is 13.2 Å². The van der Waals surface area contributed by atoms with E-state index < -0.39 is 0 Å². The quantitative estimate of drug-likeness (QED) is 0.723. The Morgan fingerprint density at radius 1 is 1.19 bits per heavy atom. The smallest absolute Gasteiger partial charge is 0.161 e. The highest BCUT2D eigenvalue weighted by Crippen LogP contribution is 2.26. The minimum Gasteiger partial charge on any atom is -0.488 e. The Kier molecular flexibility index (Phi) is 6.08. The van der Waals surface area contributed by atoms with E-state index in [2.05, 4.69) is 25.3 Å². The molecule has 2 atom stereocenters. The predicted molar refractivity (Wildman–Crippen MR) is 84.1 cm³/mol. The van der Waals surface area contributed by atoms with Gasteiger partial charge in [-0.3, -0.25) is 4.90 Å². The number of rotatable bonds is 7. The molecular weight excluding hydrogens is 266 g/mol. The molecule has 1 aliphatic rings. The third kappa shape index (κ3) is 5.06. The zero-order valence-electron chi connectivity index (χ0n) is 13.0. The van der Waals surface area contributed by atoms with E-state index in [4.69, 9.17) is 14.2 Å². The molecule has 1 aliphatic heterocycles. The van der Waals surface area contributed by atoms with E-state index in [-0.39, 0.29) is 12.2 Å². The highest BCUT2D eigenvalue weighted by molar-refractivity contribution is 5.39. The third-order valence-electron chi connectivity index (χ3n) is 3.37. The minimum atomic E-state index is 0.289. The lowest BCUT2D eigenvalue weighted by atomic mass is 10.2. The SMILES string of the molecule is C=CCOc1ccccc1OCCN1C[C@@H](C)O[C@@H](C)C1. The van der Waals surface area contributed by atoms with Crippen LogP contribution in [0.2, 0.25) is 0 Å². The molecule has 0 aliphatic carbocycles. The Labute approximate surface area is 127 Å². The van der Waals surface area contributed by atoms with E-state index in [0.29, 0.717) is 13.2 Å². The molecule has 1 heterocycles. The molecule has 0 radical (unpaired) electrons. The molecule has 4 heteroatoms. The van der Waals surface area contributed by atoms with Gasteiger partial charge in [-0.2, -0.15) is 0 Å². The summed E-state index contributed by atoms with van der Waals surface area (Å²) < 4.78 is 17.2. The monoisotopic (exact) mass is 291 g/mol. The van der Waals surface area contributed by atoms with E-state index in [0.717, 1.165) is 31.1 Å². The average molecular weight is 291 g/mol. The molecule has 2 rings (SSSR count). The summed E-state index contributed by atoms with van der Waals surface area (Å²) in [5, 5.41) is 0. The first kappa shape index (κ1) is 15.9. The molecule has 0 amide bonds. The van der Waals surface area contributed by atoms with Crippen LogP contribution in [0.15, 0.2) is 36.9 Å². The second kappa shape index (κ2) is 8.05. The van der Waals surface area contributed by atoms with Crippen LogP contribution in [-0.2, 0) is 4.74 Å². The fourth-order valence-electron chi connectivity index (χ4n) is 2.59. The van der Waals surface area contributed by atoms with Gasteiger partial charge in [0.2, 0.25) is 0 Å². The molecule has 0 bridgehead atoms. The number of nitrogens with zero attached hydrogens (tertiary/aromatic N) is 1. The first-order valence-electron chi connectivity index (χ1n) is 7.52. The van der Waals surface area contributed by atoms with Crippen LogP contribution in [0, 0.1) is 0 Å². The number of ether oxygens (including phenoxy) is 3. The predicted octanol–water partition coefficient (Wildman–Crippen LogP) is 2.74. The van der Waals surface area contributed by atoms with Crippen LogP contribution >= 0.6 is 0 Å². The number of morpholine rings is 1. The summed E-state index contributed by atoms with van der Waals surface area (Å²) in [6, 6.07) is 7.74. The Morgan fingerprint density at radius 2 is 1.81 bits per heavy atom. The van der Waals surface area contributed by atoms with Crippen LogP contribution in [0.4, 0.5) is 0 Å². The maximum absolute atomic E-state index is 5.87. The maximum atomic E-state index is 5.87. The van der Waals surface area contributed by atoms with Gasteiger partial charge in [0, 0.05) is 19.6 Å². The second-order valence-electron chi connectivity index (χ2n) is 5.41. The Morgan fingerprint density at radius 3 is 2.43 bits per heavy atom. The van der Waals surface area contributed by atoms with E-state index in [1.54, 1.807) is 6.08 Å². The van der Waals surface area contributed by atoms with Crippen molar-refractivity contribution < 1.29 is 14.2 Å². The van der Waals surface area contributed by atoms with Gasteiger partial charge >= 0.3 is 0 Å². The van der Waals surface area contributed by atoms with Crippen molar-refractivity contribution in [2.45, 2.75) is 26.1 Å². The molecule has 0 saturated carbocycles. The van der Waals surface area contributed by atoms with Gasteiger partial charge in [-0.1, -0.05) is 24.8 Å². The zero-order chi connectivity index (χ0) is 15.1. The lowest BCUT2D eigenvalue weighted by Crippen LogP contribution is -2.46. The molecule has 0 aromatic heterocycles. The molecule has 1 aromatic carbocycles. The zero-order valence-corrected chi connectivity index (χ0v) is 13.0. The molecule has 116 valence electrons. The summed E-state index contributed by atoms with van der Waals surface area (Å²) in [6.07, 6.45) is 2.31. The fourth-order valence-corrected chi connectivity index (χ4v) is 2.59. The van der Waals surface area contributed by atoms with Gasteiger partial charge < -0.3 is 14.2 Å². The van der Waals surface area contributed by atoms with Crippen molar-refractivity contribution >= 4 is 0 Å². The van der Waals surface area contributed by atoms with Gasteiger partial charge in [-0.25, -0.2) is 0 Å². The van der Waals surface area contributed by atoms with Gasteiger partial charge in [0.25, 0.3) is 0 Å². The van der Waals surface area contributed by atoms with Crippen LogP contribution in [0.5, 0.6) is 11.5 Å². The summed E-state index contributed by atoms with van der Waals surface area (Å²) in [5.41, 5.74) is 0. The molecule has 4 nitrogen and oxygen atoms in total. The lowest BCUT2D eigenvalue weighted by Gasteiger charge is -2.35. The molecule has 0 unspecified atom stereocenters. The normalized spacial score (nSPS) is 22.8. The molecule has 21 heavy (non-hydrogen) atoms.